The average Bonchev–Trinajstić information content (AvgIpc) is 2.77. The van der Waals surface area contributed by atoms with Gasteiger partial charge < -0.3 is 10.6 Å². The summed E-state index contributed by atoms with van der Waals surface area (Å²) in [7, 11) is 3.36. The minimum absolute atomic E-state index is 0.0717. The van der Waals surface area contributed by atoms with Crippen LogP contribution < -0.4 is 5.73 Å². The summed E-state index contributed by atoms with van der Waals surface area (Å²) in [5.74, 6) is 0.361. The van der Waals surface area contributed by atoms with E-state index in [1.165, 1.54) is 9.70 Å². The number of aromatic nitrogens is 4. The van der Waals surface area contributed by atoms with Crippen molar-refractivity contribution in [1.29, 1.82) is 0 Å². The van der Waals surface area contributed by atoms with Gasteiger partial charge in [0.1, 0.15) is 6.54 Å². The van der Waals surface area contributed by atoms with Crippen LogP contribution in [0.4, 0.5) is 5.69 Å². The fraction of sp³-hybridized carbons (Fsp3) is 0.273. The van der Waals surface area contributed by atoms with Gasteiger partial charge in [0.2, 0.25) is 11.7 Å². The Morgan fingerprint density at radius 3 is 2.89 bits per heavy atom. The number of tetrazole rings is 1. The van der Waals surface area contributed by atoms with Crippen LogP contribution in [-0.2, 0) is 11.3 Å². The van der Waals surface area contributed by atoms with Gasteiger partial charge in [-0.05, 0) is 17.3 Å². The molecule has 0 saturated heterocycles. The molecule has 2 rings (SSSR count). The number of rotatable bonds is 3. The number of nitrogens with two attached hydrogens (primary N) is 1. The number of amides is 1. The van der Waals surface area contributed by atoms with Gasteiger partial charge in [-0.1, -0.05) is 12.1 Å². The lowest BCUT2D eigenvalue weighted by molar-refractivity contribution is -0.129. The van der Waals surface area contributed by atoms with Crippen molar-refractivity contribution in [3.63, 3.8) is 0 Å². The molecule has 1 aromatic heterocycles. The summed E-state index contributed by atoms with van der Waals surface area (Å²) in [5, 5.41) is 11.9. The normalized spacial score (nSPS) is 10.3. The lowest BCUT2D eigenvalue weighted by Gasteiger charge is -2.08. The smallest absolute Gasteiger partial charge is 0.245 e. The van der Waals surface area contributed by atoms with E-state index in [2.05, 4.69) is 15.4 Å². The Hall–Kier alpha value is -2.44. The molecule has 94 valence electrons. The van der Waals surface area contributed by atoms with E-state index in [1.807, 2.05) is 12.1 Å². The van der Waals surface area contributed by atoms with Gasteiger partial charge in [-0.15, -0.1) is 10.2 Å². The summed E-state index contributed by atoms with van der Waals surface area (Å²) >= 11 is 0. The third-order valence-corrected chi connectivity index (χ3v) is 2.37. The van der Waals surface area contributed by atoms with Crippen molar-refractivity contribution >= 4 is 11.6 Å². The summed E-state index contributed by atoms with van der Waals surface area (Å²) in [5.41, 5.74) is 7.09. The van der Waals surface area contributed by atoms with E-state index >= 15 is 0 Å². The summed E-state index contributed by atoms with van der Waals surface area (Å²) < 4.78 is 0. The molecule has 0 aliphatic heterocycles. The topological polar surface area (TPSA) is 89.9 Å². The van der Waals surface area contributed by atoms with Crippen LogP contribution in [0.2, 0.25) is 0 Å². The Labute approximate surface area is 104 Å². The van der Waals surface area contributed by atoms with E-state index in [4.69, 9.17) is 5.73 Å². The molecular weight excluding hydrogens is 232 g/mol. The molecule has 0 spiro atoms. The standard InChI is InChI=1S/C11H14N6O/c1-16(2)10(18)7-17-14-11(13-15-17)8-4-3-5-9(12)6-8/h3-6H,7,12H2,1-2H3. The van der Waals surface area contributed by atoms with Gasteiger partial charge in [-0.25, -0.2) is 0 Å². The van der Waals surface area contributed by atoms with Crippen LogP contribution in [0.1, 0.15) is 0 Å². The SMILES string of the molecule is CN(C)C(=O)Cn1nnc(-c2cccc(N)c2)n1. The second-order valence-corrected chi connectivity index (χ2v) is 4.06. The Kier molecular flexibility index (Phi) is 3.22. The third kappa shape index (κ3) is 2.62. The van der Waals surface area contributed by atoms with Crippen LogP contribution in [0.25, 0.3) is 11.4 Å². The summed E-state index contributed by atoms with van der Waals surface area (Å²) in [6.45, 7) is 0.0717. The van der Waals surface area contributed by atoms with E-state index in [0.29, 0.717) is 11.5 Å². The number of hydrogen-bond donors (Lipinski definition) is 1. The summed E-state index contributed by atoms with van der Waals surface area (Å²) in [6, 6.07) is 7.19. The Bertz CT molecular complexity index is 562. The minimum Gasteiger partial charge on any atom is -0.399 e. The van der Waals surface area contributed by atoms with Gasteiger partial charge in [0.05, 0.1) is 0 Å². The average molecular weight is 246 g/mol. The van der Waals surface area contributed by atoms with Crippen LogP contribution in [0.15, 0.2) is 24.3 Å². The van der Waals surface area contributed by atoms with E-state index in [0.717, 1.165) is 5.56 Å². The number of hydrogen-bond acceptors (Lipinski definition) is 5. The second kappa shape index (κ2) is 4.82. The Morgan fingerprint density at radius 2 is 2.22 bits per heavy atom. The van der Waals surface area contributed by atoms with E-state index < -0.39 is 0 Å². The largest absolute Gasteiger partial charge is 0.399 e. The highest BCUT2D eigenvalue weighted by molar-refractivity contribution is 5.75. The number of benzene rings is 1. The summed E-state index contributed by atoms with van der Waals surface area (Å²) in [4.78, 5) is 14.2. The number of nitrogen functional groups attached to an aromatic ring is 1. The molecular formula is C11H14N6O. The van der Waals surface area contributed by atoms with Crippen molar-refractivity contribution in [2.75, 3.05) is 19.8 Å². The molecule has 0 unspecified atom stereocenters. The first-order chi connectivity index (χ1) is 8.56. The first-order valence-corrected chi connectivity index (χ1v) is 5.40. The number of carbonyl (C=O) groups is 1. The zero-order valence-corrected chi connectivity index (χ0v) is 10.2. The number of likely N-dealkylation sites (N-methyl/N-ethyl adjacent to an activating group) is 1. The van der Waals surface area contributed by atoms with Gasteiger partial charge in [0.25, 0.3) is 0 Å². The highest BCUT2D eigenvalue weighted by atomic mass is 16.2. The quantitative estimate of drug-likeness (QED) is 0.770. The van der Waals surface area contributed by atoms with Crippen LogP contribution in [0.3, 0.4) is 0 Å². The van der Waals surface area contributed by atoms with Crippen molar-refractivity contribution in [1.82, 2.24) is 25.1 Å². The molecule has 2 N–H and O–H groups in total. The fourth-order valence-electron chi connectivity index (χ4n) is 1.37. The van der Waals surface area contributed by atoms with Gasteiger partial charge in [0.15, 0.2) is 0 Å². The van der Waals surface area contributed by atoms with Crippen molar-refractivity contribution in [2.24, 2.45) is 0 Å². The molecule has 0 aliphatic rings. The summed E-state index contributed by atoms with van der Waals surface area (Å²) in [6.07, 6.45) is 0. The molecule has 7 nitrogen and oxygen atoms in total. The highest BCUT2D eigenvalue weighted by Gasteiger charge is 2.10. The maximum Gasteiger partial charge on any atom is 0.245 e. The fourth-order valence-corrected chi connectivity index (χ4v) is 1.37. The maximum atomic E-state index is 11.5. The van der Waals surface area contributed by atoms with Crippen molar-refractivity contribution in [3.8, 4) is 11.4 Å². The number of nitrogens with zero attached hydrogens (tertiary/aromatic N) is 5. The van der Waals surface area contributed by atoms with Gasteiger partial charge in [0, 0.05) is 25.3 Å². The molecule has 0 radical (unpaired) electrons. The highest BCUT2D eigenvalue weighted by Crippen LogP contribution is 2.16. The molecule has 1 aromatic carbocycles. The van der Waals surface area contributed by atoms with Crippen molar-refractivity contribution in [3.05, 3.63) is 24.3 Å². The lowest BCUT2D eigenvalue weighted by atomic mass is 10.2. The Balaban J connectivity index is 2.18. The predicted octanol–water partition coefficient (Wildman–Crippen LogP) is 0.0105. The molecule has 0 bridgehead atoms. The monoisotopic (exact) mass is 246 g/mol. The first kappa shape index (κ1) is 12.0. The molecule has 1 amide bonds. The zero-order valence-electron chi connectivity index (χ0n) is 10.2. The van der Waals surface area contributed by atoms with Crippen molar-refractivity contribution in [2.45, 2.75) is 6.54 Å². The molecule has 0 aliphatic carbocycles. The van der Waals surface area contributed by atoms with Gasteiger partial charge in [-0.3, -0.25) is 4.79 Å². The molecule has 0 saturated carbocycles. The molecule has 2 aromatic rings. The van der Waals surface area contributed by atoms with Crippen LogP contribution in [0, 0.1) is 0 Å². The van der Waals surface area contributed by atoms with Gasteiger partial charge in [-0.2, -0.15) is 4.80 Å². The molecule has 0 atom stereocenters. The first-order valence-electron chi connectivity index (χ1n) is 5.40. The third-order valence-electron chi connectivity index (χ3n) is 2.37. The van der Waals surface area contributed by atoms with E-state index in [9.17, 15) is 4.79 Å². The molecule has 18 heavy (non-hydrogen) atoms. The lowest BCUT2D eigenvalue weighted by Crippen LogP contribution is -2.27. The second-order valence-electron chi connectivity index (χ2n) is 4.06. The van der Waals surface area contributed by atoms with E-state index in [1.54, 1.807) is 26.2 Å². The van der Waals surface area contributed by atoms with Crippen LogP contribution in [-0.4, -0.2) is 45.1 Å². The Morgan fingerprint density at radius 1 is 1.44 bits per heavy atom. The van der Waals surface area contributed by atoms with E-state index in [-0.39, 0.29) is 12.5 Å². The van der Waals surface area contributed by atoms with Crippen molar-refractivity contribution < 1.29 is 4.79 Å². The minimum atomic E-state index is -0.0912. The molecule has 7 heteroatoms. The number of anilines is 1. The van der Waals surface area contributed by atoms with Crippen LogP contribution in [0.5, 0.6) is 0 Å². The zero-order chi connectivity index (χ0) is 13.1. The van der Waals surface area contributed by atoms with Gasteiger partial charge >= 0.3 is 0 Å². The molecule has 0 fully saturated rings. The van der Waals surface area contributed by atoms with Crippen LogP contribution >= 0.6 is 0 Å². The predicted molar refractivity (Wildman–Crippen MR) is 66.4 cm³/mol. The molecule has 1 heterocycles. The maximum absolute atomic E-state index is 11.5. The number of carbonyl (C=O) groups excluding carboxylic acids is 1.